The summed E-state index contributed by atoms with van der Waals surface area (Å²) < 4.78 is 22.0. The second kappa shape index (κ2) is 9.62. The van der Waals surface area contributed by atoms with Gasteiger partial charge >= 0.3 is 0 Å². The molecule has 2 heterocycles. The number of fused-ring (bicyclic) bond motifs is 1. The number of carbonyl (C=O) groups excluding carboxylic acids is 3. The normalized spacial score (nSPS) is 16.3. The van der Waals surface area contributed by atoms with Gasteiger partial charge in [-0.25, -0.2) is 0 Å². The number of nitrogens with zero attached hydrogens (tertiary/aromatic N) is 1. The molecule has 0 bridgehead atoms. The second-order valence-corrected chi connectivity index (χ2v) is 8.36. The van der Waals surface area contributed by atoms with Gasteiger partial charge in [0.1, 0.15) is 11.4 Å². The standard InChI is InChI=1S/C25H28N2O7/c1-31-20-12-16(13-21(32-2)23(20)33-3)24(30)26-15-22(29)27-10-8-25(9-11-27)14-18(28)17-6-4-5-7-19(17)34-25/h4-7,12-13H,8-11,14-15H2,1-3H3,(H,26,30). The van der Waals surface area contributed by atoms with E-state index in [0.717, 1.165) is 0 Å². The van der Waals surface area contributed by atoms with Crippen LogP contribution in [0.3, 0.4) is 0 Å². The molecular formula is C25H28N2O7. The van der Waals surface area contributed by atoms with Crippen LogP contribution in [-0.2, 0) is 4.79 Å². The topological polar surface area (TPSA) is 103 Å². The number of ether oxygens (including phenoxy) is 4. The van der Waals surface area contributed by atoms with E-state index < -0.39 is 11.5 Å². The smallest absolute Gasteiger partial charge is 0.251 e. The molecule has 1 saturated heterocycles. The molecule has 0 saturated carbocycles. The summed E-state index contributed by atoms with van der Waals surface area (Å²) in [5, 5.41) is 2.66. The van der Waals surface area contributed by atoms with E-state index in [1.807, 2.05) is 18.2 Å². The molecule has 4 rings (SSSR count). The number of methoxy groups -OCH3 is 3. The lowest BCUT2D eigenvalue weighted by molar-refractivity contribution is -0.133. The summed E-state index contributed by atoms with van der Waals surface area (Å²) in [4.78, 5) is 39.7. The molecule has 2 aromatic carbocycles. The van der Waals surface area contributed by atoms with Crippen molar-refractivity contribution in [1.82, 2.24) is 10.2 Å². The summed E-state index contributed by atoms with van der Waals surface area (Å²) in [5.74, 6) is 1.13. The van der Waals surface area contributed by atoms with E-state index in [1.54, 1.807) is 11.0 Å². The number of nitrogens with one attached hydrogen (secondary N) is 1. The molecule has 1 N–H and O–H groups in total. The average molecular weight is 469 g/mol. The molecule has 0 atom stereocenters. The molecule has 34 heavy (non-hydrogen) atoms. The maximum absolute atomic E-state index is 12.7. The van der Waals surface area contributed by atoms with Crippen LogP contribution in [0.2, 0.25) is 0 Å². The van der Waals surface area contributed by atoms with Crippen molar-refractivity contribution in [2.24, 2.45) is 0 Å². The van der Waals surface area contributed by atoms with Gasteiger partial charge in [-0.15, -0.1) is 0 Å². The van der Waals surface area contributed by atoms with Gasteiger partial charge in [0.15, 0.2) is 17.3 Å². The number of hydrogen-bond donors (Lipinski definition) is 1. The average Bonchev–Trinajstić information content (AvgIpc) is 2.86. The molecule has 2 aliphatic heterocycles. The van der Waals surface area contributed by atoms with Gasteiger partial charge in [-0.05, 0) is 24.3 Å². The Bertz CT molecular complexity index is 1080. The van der Waals surface area contributed by atoms with Gasteiger partial charge in [-0.3, -0.25) is 14.4 Å². The van der Waals surface area contributed by atoms with Gasteiger partial charge in [-0.1, -0.05) is 12.1 Å². The highest BCUT2D eigenvalue weighted by Gasteiger charge is 2.43. The van der Waals surface area contributed by atoms with E-state index in [4.69, 9.17) is 18.9 Å². The number of amides is 2. The Morgan fingerprint density at radius 2 is 1.68 bits per heavy atom. The van der Waals surface area contributed by atoms with E-state index in [0.29, 0.717) is 60.9 Å². The fourth-order valence-electron chi connectivity index (χ4n) is 4.47. The number of hydrogen-bond acceptors (Lipinski definition) is 7. The fraction of sp³-hybridized carbons (Fsp3) is 0.400. The minimum absolute atomic E-state index is 0.0687. The third kappa shape index (κ3) is 4.50. The number of carbonyl (C=O) groups is 3. The van der Waals surface area contributed by atoms with E-state index in [1.165, 1.54) is 33.5 Å². The maximum Gasteiger partial charge on any atom is 0.251 e. The van der Waals surface area contributed by atoms with Crippen LogP contribution >= 0.6 is 0 Å². The van der Waals surface area contributed by atoms with Crippen molar-refractivity contribution in [3.63, 3.8) is 0 Å². The van der Waals surface area contributed by atoms with Gasteiger partial charge in [0.25, 0.3) is 5.91 Å². The third-order valence-corrected chi connectivity index (χ3v) is 6.35. The van der Waals surface area contributed by atoms with Crippen molar-refractivity contribution < 1.29 is 33.3 Å². The zero-order valence-corrected chi connectivity index (χ0v) is 19.5. The fourth-order valence-corrected chi connectivity index (χ4v) is 4.47. The summed E-state index contributed by atoms with van der Waals surface area (Å²) in [5.41, 5.74) is 0.315. The van der Waals surface area contributed by atoms with Crippen molar-refractivity contribution in [3.05, 3.63) is 47.5 Å². The van der Waals surface area contributed by atoms with E-state index in [2.05, 4.69) is 5.32 Å². The van der Waals surface area contributed by atoms with Gasteiger partial charge in [0, 0.05) is 31.5 Å². The highest BCUT2D eigenvalue weighted by molar-refractivity contribution is 6.00. The van der Waals surface area contributed by atoms with Crippen LogP contribution in [0, 0.1) is 0 Å². The van der Waals surface area contributed by atoms with Crippen LogP contribution in [0.15, 0.2) is 36.4 Å². The van der Waals surface area contributed by atoms with Crippen molar-refractivity contribution in [1.29, 1.82) is 0 Å². The largest absolute Gasteiger partial charge is 0.493 e. The van der Waals surface area contributed by atoms with Gasteiger partial charge in [-0.2, -0.15) is 0 Å². The molecule has 9 heteroatoms. The number of rotatable bonds is 6. The molecule has 0 aromatic heterocycles. The molecule has 0 radical (unpaired) electrons. The van der Waals surface area contributed by atoms with Crippen molar-refractivity contribution in [2.75, 3.05) is 41.0 Å². The van der Waals surface area contributed by atoms with Crippen LogP contribution in [-0.4, -0.2) is 69.1 Å². The van der Waals surface area contributed by atoms with Crippen molar-refractivity contribution >= 4 is 17.6 Å². The first-order valence-electron chi connectivity index (χ1n) is 11.1. The van der Waals surface area contributed by atoms with Crippen LogP contribution < -0.4 is 24.3 Å². The molecule has 0 aliphatic carbocycles. The van der Waals surface area contributed by atoms with Crippen LogP contribution in [0.5, 0.6) is 23.0 Å². The van der Waals surface area contributed by atoms with Gasteiger partial charge in [0.05, 0.1) is 39.9 Å². The monoisotopic (exact) mass is 468 g/mol. The second-order valence-electron chi connectivity index (χ2n) is 8.36. The summed E-state index contributed by atoms with van der Waals surface area (Å²) in [6, 6.07) is 10.3. The zero-order valence-electron chi connectivity index (χ0n) is 19.5. The first kappa shape index (κ1) is 23.4. The number of ketones is 1. The Balaban J connectivity index is 1.35. The quantitative estimate of drug-likeness (QED) is 0.695. The zero-order chi connectivity index (χ0) is 24.3. The minimum atomic E-state index is -0.582. The summed E-state index contributed by atoms with van der Waals surface area (Å²) in [6.45, 7) is 0.758. The number of para-hydroxylation sites is 1. The molecule has 2 aromatic rings. The lowest BCUT2D eigenvalue weighted by Crippen LogP contribution is -2.53. The lowest BCUT2D eigenvalue weighted by Gasteiger charge is -2.44. The van der Waals surface area contributed by atoms with E-state index in [-0.39, 0.29) is 23.8 Å². The Kier molecular flexibility index (Phi) is 6.63. The number of piperidine rings is 1. The highest BCUT2D eigenvalue weighted by Crippen LogP contribution is 2.40. The molecule has 0 unspecified atom stereocenters. The summed E-state index contributed by atoms with van der Waals surface area (Å²) in [7, 11) is 4.41. The van der Waals surface area contributed by atoms with Gasteiger partial charge < -0.3 is 29.2 Å². The summed E-state index contributed by atoms with van der Waals surface area (Å²) in [6.07, 6.45) is 1.42. The first-order chi connectivity index (χ1) is 16.4. The van der Waals surface area contributed by atoms with Crippen LogP contribution in [0.4, 0.5) is 0 Å². The van der Waals surface area contributed by atoms with Crippen LogP contribution in [0.25, 0.3) is 0 Å². The van der Waals surface area contributed by atoms with Crippen molar-refractivity contribution in [3.8, 4) is 23.0 Å². The molecular weight excluding hydrogens is 440 g/mol. The molecule has 2 aliphatic rings. The Morgan fingerprint density at radius 3 is 2.29 bits per heavy atom. The first-order valence-corrected chi connectivity index (χ1v) is 11.1. The Morgan fingerprint density at radius 1 is 1.03 bits per heavy atom. The number of Topliss-reactive ketones (excluding diaryl/α,β-unsaturated/α-hetero) is 1. The third-order valence-electron chi connectivity index (χ3n) is 6.35. The molecule has 1 spiro atoms. The molecule has 2 amide bonds. The maximum atomic E-state index is 12.7. The summed E-state index contributed by atoms with van der Waals surface area (Å²) >= 11 is 0. The lowest BCUT2D eigenvalue weighted by atomic mass is 9.82. The number of benzene rings is 2. The molecule has 180 valence electrons. The highest BCUT2D eigenvalue weighted by atomic mass is 16.5. The van der Waals surface area contributed by atoms with E-state index >= 15 is 0 Å². The Labute approximate surface area is 197 Å². The van der Waals surface area contributed by atoms with Crippen LogP contribution in [0.1, 0.15) is 40.0 Å². The van der Waals surface area contributed by atoms with E-state index in [9.17, 15) is 14.4 Å². The number of likely N-dealkylation sites (tertiary alicyclic amines) is 1. The predicted octanol–water partition coefficient (Wildman–Crippen LogP) is 2.47. The molecule has 1 fully saturated rings. The SMILES string of the molecule is COc1cc(C(=O)NCC(=O)N2CCC3(CC2)CC(=O)c2ccccc2O3)cc(OC)c1OC. The molecule has 9 nitrogen and oxygen atoms in total. The Hall–Kier alpha value is -3.75. The van der Waals surface area contributed by atoms with Crippen molar-refractivity contribution in [2.45, 2.75) is 24.9 Å². The minimum Gasteiger partial charge on any atom is -0.493 e. The predicted molar refractivity (Wildman–Crippen MR) is 123 cm³/mol. The van der Waals surface area contributed by atoms with Gasteiger partial charge in [0.2, 0.25) is 11.7 Å².